The van der Waals surface area contributed by atoms with Crippen LogP contribution in [0.25, 0.3) is 33.2 Å². The molecule has 0 radical (unpaired) electrons. The first-order chi connectivity index (χ1) is 14.6. The number of nitrogens with zero attached hydrogens (tertiary/aromatic N) is 5. The average molecular weight is 399 g/mol. The lowest BCUT2D eigenvalue weighted by Gasteiger charge is -2.06. The minimum atomic E-state index is -0.243. The van der Waals surface area contributed by atoms with Crippen LogP contribution in [0.3, 0.4) is 0 Å². The summed E-state index contributed by atoms with van der Waals surface area (Å²) < 4.78 is 6.82. The molecule has 9 heteroatoms. The van der Waals surface area contributed by atoms with Crippen LogP contribution in [0, 0.1) is 0 Å². The molecule has 0 spiro atoms. The van der Waals surface area contributed by atoms with E-state index < -0.39 is 0 Å². The number of hydrogen-bond donors (Lipinski definition) is 2. The van der Waals surface area contributed by atoms with Crippen LogP contribution in [0.15, 0.2) is 55.0 Å². The first kappa shape index (κ1) is 17.8. The molecule has 0 aliphatic carbocycles. The lowest BCUT2D eigenvalue weighted by Crippen LogP contribution is -2.13. The van der Waals surface area contributed by atoms with E-state index in [1.54, 1.807) is 41.5 Å². The molecule has 0 saturated carbocycles. The summed E-state index contributed by atoms with van der Waals surface area (Å²) in [6, 6.07) is 11.3. The summed E-state index contributed by atoms with van der Waals surface area (Å²) in [5.74, 6) is 0.204. The lowest BCUT2D eigenvalue weighted by atomic mass is 10.1. The van der Waals surface area contributed by atoms with Gasteiger partial charge in [0.05, 0.1) is 41.3 Å². The quantitative estimate of drug-likeness (QED) is 0.480. The minimum Gasteiger partial charge on any atom is -0.467 e. The van der Waals surface area contributed by atoms with Gasteiger partial charge in [-0.25, -0.2) is 9.97 Å². The van der Waals surface area contributed by atoms with Crippen LogP contribution in [0.5, 0.6) is 6.01 Å². The van der Waals surface area contributed by atoms with Crippen LogP contribution in [-0.4, -0.2) is 42.7 Å². The van der Waals surface area contributed by atoms with Gasteiger partial charge in [-0.1, -0.05) is 6.07 Å². The zero-order chi connectivity index (χ0) is 20.7. The Morgan fingerprint density at radius 1 is 1.17 bits per heavy atom. The predicted molar refractivity (Wildman–Crippen MR) is 112 cm³/mol. The van der Waals surface area contributed by atoms with E-state index in [1.165, 1.54) is 7.11 Å². The molecule has 5 aromatic rings. The van der Waals surface area contributed by atoms with Crippen LogP contribution in [-0.2, 0) is 7.05 Å². The summed E-state index contributed by atoms with van der Waals surface area (Å²) in [7, 11) is 3.37. The Kier molecular flexibility index (Phi) is 4.13. The molecule has 0 bridgehead atoms. The highest BCUT2D eigenvalue weighted by Gasteiger charge is 2.14. The minimum absolute atomic E-state index is 0.243. The van der Waals surface area contributed by atoms with Gasteiger partial charge < -0.3 is 15.0 Å². The smallest absolute Gasteiger partial charge is 0.316 e. The van der Waals surface area contributed by atoms with Crippen LogP contribution in [0.4, 0.5) is 5.82 Å². The molecule has 0 fully saturated rings. The number of anilines is 1. The van der Waals surface area contributed by atoms with Gasteiger partial charge in [0, 0.05) is 36.3 Å². The van der Waals surface area contributed by atoms with Crippen molar-refractivity contribution in [3.05, 3.63) is 60.6 Å². The van der Waals surface area contributed by atoms with Crippen molar-refractivity contribution in [3.63, 3.8) is 0 Å². The molecule has 0 saturated heterocycles. The maximum atomic E-state index is 12.8. The third-order valence-corrected chi connectivity index (χ3v) is 4.87. The second kappa shape index (κ2) is 6.96. The van der Waals surface area contributed by atoms with Crippen molar-refractivity contribution in [3.8, 4) is 17.4 Å². The number of rotatable bonds is 4. The number of carbonyl (C=O) groups excluding carboxylic acids is 1. The molecule has 2 N–H and O–H groups in total. The molecule has 4 heterocycles. The highest BCUT2D eigenvalue weighted by atomic mass is 16.5. The molecule has 0 atom stereocenters. The number of ether oxygens (including phenoxy) is 1. The SMILES string of the molecule is COc1nccc(-c2cc3cnc(NC(=O)c4cccc5c4cnn5C)cc3[nH]2)n1. The second-order valence-corrected chi connectivity index (χ2v) is 6.73. The summed E-state index contributed by atoms with van der Waals surface area (Å²) in [4.78, 5) is 28.9. The van der Waals surface area contributed by atoms with E-state index in [9.17, 15) is 4.79 Å². The first-order valence-electron chi connectivity index (χ1n) is 9.20. The largest absolute Gasteiger partial charge is 0.467 e. The lowest BCUT2D eigenvalue weighted by molar-refractivity contribution is 0.102. The molecule has 0 aliphatic rings. The molecule has 0 aliphatic heterocycles. The number of carbonyl (C=O) groups is 1. The molecule has 148 valence electrons. The van der Waals surface area contributed by atoms with Crippen molar-refractivity contribution < 1.29 is 9.53 Å². The van der Waals surface area contributed by atoms with Gasteiger partial charge in [-0.3, -0.25) is 9.48 Å². The van der Waals surface area contributed by atoms with Crippen molar-refractivity contribution in [1.29, 1.82) is 0 Å². The molecule has 0 unspecified atom stereocenters. The summed E-state index contributed by atoms with van der Waals surface area (Å²) in [6.07, 6.45) is 5.03. The molecule has 5 rings (SSSR count). The zero-order valence-electron chi connectivity index (χ0n) is 16.2. The number of hydrogen-bond acceptors (Lipinski definition) is 6. The molecule has 9 nitrogen and oxygen atoms in total. The molecule has 4 aromatic heterocycles. The Morgan fingerprint density at radius 2 is 2.07 bits per heavy atom. The number of nitrogens with one attached hydrogen (secondary N) is 2. The third-order valence-electron chi connectivity index (χ3n) is 4.87. The standard InChI is InChI=1S/C21H17N7O2/c1-28-18-5-3-4-13(14(18)11-24-28)20(29)27-19-9-16-12(10-23-19)8-17(25-16)15-6-7-22-21(26-15)30-2/h3-11,25H,1-2H3,(H,23,27,29). The summed E-state index contributed by atoms with van der Waals surface area (Å²) >= 11 is 0. The Balaban J connectivity index is 1.45. The number of aromatic amines is 1. The molecular formula is C21H17N7O2. The predicted octanol–water partition coefficient (Wildman–Crippen LogP) is 3.17. The van der Waals surface area contributed by atoms with Crippen LogP contribution < -0.4 is 10.1 Å². The monoisotopic (exact) mass is 399 g/mol. The van der Waals surface area contributed by atoms with Gasteiger partial charge in [0.25, 0.3) is 5.91 Å². The van der Waals surface area contributed by atoms with E-state index in [0.29, 0.717) is 23.1 Å². The van der Waals surface area contributed by atoms with Gasteiger partial charge in [-0.05, 0) is 24.3 Å². The first-order valence-corrected chi connectivity index (χ1v) is 9.20. The number of pyridine rings is 1. The van der Waals surface area contributed by atoms with Gasteiger partial charge in [0.15, 0.2) is 0 Å². The van der Waals surface area contributed by atoms with Crippen LogP contribution >= 0.6 is 0 Å². The number of H-pyrrole nitrogens is 1. The van der Waals surface area contributed by atoms with E-state index in [2.05, 4.69) is 30.4 Å². The fourth-order valence-corrected chi connectivity index (χ4v) is 3.38. The van der Waals surface area contributed by atoms with Gasteiger partial charge in [0.2, 0.25) is 0 Å². The summed E-state index contributed by atoms with van der Waals surface area (Å²) in [6.45, 7) is 0. The van der Waals surface area contributed by atoms with E-state index in [4.69, 9.17) is 4.74 Å². The maximum Gasteiger partial charge on any atom is 0.316 e. The number of aromatic nitrogens is 6. The molecule has 1 aromatic carbocycles. The van der Waals surface area contributed by atoms with Crippen molar-refractivity contribution in [2.45, 2.75) is 0 Å². The Bertz CT molecular complexity index is 1400. The van der Waals surface area contributed by atoms with E-state index in [1.807, 2.05) is 25.2 Å². The number of aryl methyl sites for hydroxylation is 1. The fourth-order valence-electron chi connectivity index (χ4n) is 3.38. The van der Waals surface area contributed by atoms with Crippen LogP contribution in [0.2, 0.25) is 0 Å². The van der Waals surface area contributed by atoms with Gasteiger partial charge in [-0.2, -0.15) is 10.1 Å². The second-order valence-electron chi connectivity index (χ2n) is 6.73. The Labute approximate surface area is 170 Å². The summed E-state index contributed by atoms with van der Waals surface area (Å²) in [5.41, 5.74) is 3.76. The van der Waals surface area contributed by atoms with Crippen molar-refractivity contribution in [2.75, 3.05) is 12.4 Å². The molecule has 30 heavy (non-hydrogen) atoms. The zero-order valence-corrected chi connectivity index (χ0v) is 16.2. The van der Waals surface area contributed by atoms with Crippen LogP contribution in [0.1, 0.15) is 10.4 Å². The van der Waals surface area contributed by atoms with E-state index >= 15 is 0 Å². The highest BCUT2D eigenvalue weighted by Crippen LogP contribution is 2.25. The van der Waals surface area contributed by atoms with Crippen molar-refractivity contribution >= 4 is 33.5 Å². The third kappa shape index (κ3) is 3.02. The van der Waals surface area contributed by atoms with E-state index in [0.717, 1.165) is 27.5 Å². The normalized spacial score (nSPS) is 11.1. The topological polar surface area (TPSA) is 111 Å². The maximum absolute atomic E-state index is 12.8. The van der Waals surface area contributed by atoms with Gasteiger partial charge in [0.1, 0.15) is 5.82 Å². The van der Waals surface area contributed by atoms with Crippen molar-refractivity contribution in [1.82, 2.24) is 29.7 Å². The number of amides is 1. The Hall–Kier alpha value is -4.27. The molecule has 1 amide bonds. The Morgan fingerprint density at radius 3 is 2.93 bits per heavy atom. The van der Waals surface area contributed by atoms with Gasteiger partial charge in [-0.15, -0.1) is 0 Å². The van der Waals surface area contributed by atoms with Gasteiger partial charge >= 0.3 is 6.01 Å². The molecular weight excluding hydrogens is 382 g/mol. The highest BCUT2D eigenvalue weighted by molar-refractivity contribution is 6.12. The average Bonchev–Trinajstić information content (AvgIpc) is 3.37. The number of fused-ring (bicyclic) bond motifs is 2. The number of benzene rings is 1. The summed E-state index contributed by atoms with van der Waals surface area (Å²) in [5, 5.41) is 8.78. The van der Waals surface area contributed by atoms with Crippen molar-refractivity contribution in [2.24, 2.45) is 7.05 Å². The van der Waals surface area contributed by atoms with E-state index in [-0.39, 0.29) is 5.91 Å². The number of methoxy groups -OCH3 is 1. The fraction of sp³-hybridized carbons (Fsp3) is 0.0952.